The molecule has 1 amide bonds. The lowest BCUT2D eigenvalue weighted by atomic mass is 10.2. The van der Waals surface area contributed by atoms with Gasteiger partial charge in [-0.1, -0.05) is 25.1 Å². The van der Waals surface area contributed by atoms with Gasteiger partial charge in [-0.15, -0.1) is 24.8 Å². The summed E-state index contributed by atoms with van der Waals surface area (Å²) in [4.78, 5) is 16.1. The number of hydrogen-bond acceptors (Lipinski definition) is 5. The van der Waals surface area contributed by atoms with Crippen LogP contribution in [0.4, 0.5) is 0 Å². The maximum atomic E-state index is 11.8. The molecule has 1 aromatic heterocycles. The molecule has 150 valence electrons. The van der Waals surface area contributed by atoms with Crippen molar-refractivity contribution in [3.63, 3.8) is 0 Å². The molecular weight excluding hydrogens is 389 g/mol. The van der Waals surface area contributed by atoms with Crippen LogP contribution in [0.3, 0.4) is 0 Å². The van der Waals surface area contributed by atoms with Crippen LogP contribution in [0.1, 0.15) is 25.3 Å². The van der Waals surface area contributed by atoms with Gasteiger partial charge in [0, 0.05) is 31.3 Å². The first-order valence-electron chi connectivity index (χ1n) is 8.49. The molecule has 0 unspecified atom stereocenters. The monoisotopic (exact) mass is 415 g/mol. The molecule has 27 heavy (non-hydrogen) atoms. The van der Waals surface area contributed by atoms with Gasteiger partial charge in [0.05, 0.1) is 6.61 Å². The number of pyridine rings is 1. The van der Waals surface area contributed by atoms with Crippen molar-refractivity contribution in [3.8, 4) is 17.4 Å². The predicted molar refractivity (Wildman–Crippen MR) is 111 cm³/mol. The van der Waals surface area contributed by atoms with Crippen LogP contribution >= 0.6 is 24.8 Å². The number of carbonyl (C=O) groups excluding carboxylic acids is 1. The molecule has 0 atom stereocenters. The number of para-hydroxylation sites is 2. The first-order chi connectivity index (χ1) is 12.2. The van der Waals surface area contributed by atoms with E-state index < -0.39 is 0 Å². The first kappa shape index (κ1) is 25.0. The largest absolute Gasteiger partial charge is 0.490 e. The molecule has 1 heterocycles. The topological polar surface area (TPSA) is 72.5 Å². The molecular formula is C19H27Cl2N3O3. The van der Waals surface area contributed by atoms with Gasteiger partial charge < -0.3 is 20.1 Å². The van der Waals surface area contributed by atoms with Crippen molar-refractivity contribution in [3.05, 3.63) is 48.2 Å². The Balaban J connectivity index is 0.00000338. The Hall–Kier alpha value is -2.02. The molecule has 0 radical (unpaired) electrons. The summed E-state index contributed by atoms with van der Waals surface area (Å²) in [5.74, 6) is 1.73. The van der Waals surface area contributed by atoms with Crippen LogP contribution in [-0.2, 0) is 11.3 Å². The first-order valence-corrected chi connectivity index (χ1v) is 8.49. The summed E-state index contributed by atoms with van der Waals surface area (Å²) in [5, 5.41) is 5.83. The van der Waals surface area contributed by atoms with Gasteiger partial charge >= 0.3 is 0 Å². The van der Waals surface area contributed by atoms with Crippen molar-refractivity contribution in [2.75, 3.05) is 20.2 Å². The number of halogens is 2. The van der Waals surface area contributed by atoms with Gasteiger partial charge in [0.15, 0.2) is 11.5 Å². The van der Waals surface area contributed by atoms with E-state index in [4.69, 9.17) is 9.47 Å². The number of benzene rings is 1. The summed E-state index contributed by atoms with van der Waals surface area (Å²) >= 11 is 0. The van der Waals surface area contributed by atoms with Crippen molar-refractivity contribution >= 4 is 30.7 Å². The number of hydrogen-bond donors (Lipinski definition) is 2. The Labute approximate surface area is 172 Å². The van der Waals surface area contributed by atoms with Crippen LogP contribution in [0.5, 0.6) is 17.4 Å². The molecule has 0 saturated carbocycles. The highest BCUT2D eigenvalue weighted by Crippen LogP contribution is 2.31. The van der Waals surface area contributed by atoms with E-state index in [1.807, 2.05) is 43.4 Å². The third-order valence-electron chi connectivity index (χ3n) is 3.45. The molecule has 2 rings (SSSR count). The normalized spacial score (nSPS) is 9.56. The lowest BCUT2D eigenvalue weighted by Gasteiger charge is -2.14. The third-order valence-corrected chi connectivity index (χ3v) is 3.45. The SMILES string of the molecule is CCCOc1ccccc1Oc1ncccc1CNC(=O)CCNC.Cl.Cl. The molecule has 0 aliphatic heterocycles. The molecule has 0 saturated heterocycles. The smallest absolute Gasteiger partial charge is 0.224 e. The molecule has 0 bridgehead atoms. The van der Waals surface area contributed by atoms with E-state index >= 15 is 0 Å². The summed E-state index contributed by atoms with van der Waals surface area (Å²) in [6, 6.07) is 11.2. The number of carbonyl (C=O) groups is 1. The van der Waals surface area contributed by atoms with Crippen LogP contribution in [0.15, 0.2) is 42.6 Å². The molecule has 0 aliphatic carbocycles. The molecule has 0 fully saturated rings. The van der Waals surface area contributed by atoms with E-state index in [0.717, 1.165) is 12.0 Å². The standard InChI is InChI=1S/C19H25N3O3.2ClH/c1-3-13-24-16-8-4-5-9-17(16)25-19-15(7-6-11-21-19)14-22-18(23)10-12-20-2;;/h4-9,11,20H,3,10,12-14H2,1-2H3,(H,22,23);2*1H. The van der Waals surface area contributed by atoms with Gasteiger partial charge in [0.2, 0.25) is 11.8 Å². The summed E-state index contributed by atoms with van der Waals surface area (Å²) in [6.07, 6.45) is 3.01. The zero-order valence-electron chi connectivity index (χ0n) is 15.6. The Morgan fingerprint density at radius 3 is 2.56 bits per heavy atom. The minimum Gasteiger partial charge on any atom is -0.490 e. The molecule has 1 aromatic carbocycles. The van der Waals surface area contributed by atoms with Crippen molar-refractivity contribution in [2.24, 2.45) is 0 Å². The summed E-state index contributed by atoms with van der Waals surface area (Å²) < 4.78 is 11.7. The van der Waals surface area contributed by atoms with Gasteiger partial charge in [-0.25, -0.2) is 4.98 Å². The highest BCUT2D eigenvalue weighted by atomic mass is 35.5. The zero-order chi connectivity index (χ0) is 17.9. The Kier molecular flexibility index (Phi) is 13.0. The number of nitrogens with one attached hydrogen (secondary N) is 2. The fraction of sp³-hybridized carbons (Fsp3) is 0.368. The van der Waals surface area contributed by atoms with Crippen molar-refractivity contribution in [1.29, 1.82) is 0 Å². The molecule has 8 heteroatoms. The van der Waals surface area contributed by atoms with Gasteiger partial charge in [-0.05, 0) is 31.7 Å². The highest BCUT2D eigenvalue weighted by molar-refractivity contribution is 5.85. The molecule has 2 aromatic rings. The Morgan fingerprint density at radius 1 is 1.11 bits per heavy atom. The molecule has 2 N–H and O–H groups in total. The summed E-state index contributed by atoms with van der Waals surface area (Å²) in [7, 11) is 1.82. The molecule has 0 aliphatic rings. The van der Waals surface area contributed by atoms with Crippen LogP contribution in [0.2, 0.25) is 0 Å². The van der Waals surface area contributed by atoms with Crippen LogP contribution in [0.25, 0.3) is 0 Å². The number of aromatic nitrogens is 1. The fourth-order valence-corrected chi connectivity index (χ4v) is 2.14. The van der Waals surface area contributed by atoms with E-state index in [1.165, 1.54) is 0 Å². The van der Waals surface area contributed by atoms with Crippen LogP contribution in [-0.4, -0.2) is 31.1 Å². The number of amides is 1. The third kappa shape index (κ3) is 8.47. The number of nitrogens with zero attached hydrogens (tertiary/aromatic N) is 1. The Morgan fingerprint density at radius 2 is 1.85 bits per heavy atom. The van der Waals surface area contributed by atoms with Gasteiger partial charge in [0.1, 0.15) is 0 Å². The quantitative estimate of drug-likeness (QED) is 0.618. The van der Waals surface area contributed by atoms with E-state index in [9.17, 15) is 4.79 Å². The van der Waals surface area contributed by atoms with E-state index in [1.54, 1.807) is 6.20 Å². The lowest BCUT2D eigenvalue weighted by molar-refractivity contribution is -0.121. The Bertz CT molecular complexity index is 687. The minimum atomic E-state index is -0.0177. The minimum absolute atomic E-state index is 0. The second kappa shape index (κ2) is 14.1. The maximum Gasteiger partial charge on any atom is 0.224 e. The average molecular weight is 416 g/mol. The van der Waals surface area contributed by atoms with E-state index in [-0.39, 0.29) is 30.7 Å². The highest BCUT2D eigenvalue weighted by Gasteiger charge is 2.11. The van der Waals surface area contributed by atoms with Crippen molar-refractivity contribution in [1.82, 2.24) is 15.6 Å². The lowest BCUT2D eigenvalue weighted by Crippen LogP contribution is -2.26. The second-order valence-electron chi connectivity index (χ2n) is 5.50. The second-order valence-corrected chi connectivity index (χ2v) is 5.50. The van der Waals surface area contributed by atoms with Gasteiger partial charge in [-0.2, -0.15) is 0 Å². The molecule has 0 spiro atoms. The van der Waals surface area contributed by atoms with E-state index in [0.29, 0.717) is 43.5 Å². The van der Waals surface area contributed by atoms with Crippen molar-refractivity contribution < 1.29 is 14.3 Å². The maximum absolute atomic E-state index is 11.8. The van der Waals surface area contributed by atoms with Gasteiger partial charge in [0.25, 0.3) is 0 Å². The number of ether oxygens (including phenoxy) is 2. The average Bonchev–Trinajstić information content (AvgIpc) is 2.65. The van der Waals surface area contributed by atoms with Gasteiger partial charge in [-0.3, -0.25) is 4.79 Å². The molecule has 6 nitrogen and oxygen atoms in total. The number of rotatable bonds is 10. The van der Waals surface area contributed by atoms with Crippen LogP contribution in [0, 0.1) is 0 Å². The van der Waals surface area contributed by atoms with Crippen LogP contribution < -0.4 is 20.1 Å². The fourth-order valence-electron chi connectivity index (χ4n) is 2.14. The van der Waals surface area contributed by atoms with E-state index in [2.05, 4.69) is 22.5 Å². The predicted octanol–water partition coefficient (Wildman–Crippen LogP) is 3.73. The zero-order valence-corrected chi connectivity index (χ0v) is 17.2. The summed E-state index contributed by atoms with van der Waals surface area (Å²) in [5.41, 5.74) is 0.811. The van der Waals surface area contributed by atoms with Crippen molar-refractivity contribution in [2.45, 2.75) is 26.3 Å². The summed E-state index contributed by atoms with van der Waals surface area (Å²) in [6.45, 7) is 3.68.